The van der Waals surface area contributed by atoms with E-state index in [-0.39, 0.29) is 6.61 Å². The third-order valence-electron chi connectivity index (χ3n) is 2.25. The normalized spacial score (nSPS) is 9.59. The number of rotatable bonds is 5. The lowest BCUT2D eigenvalue weighted by Gasteiger charge is -2.09. The van der Waals surface area contributed by atoms with Gasteiger partial charge in [-0.15, -0.1) is 0 Å². The molecule has 5 heteroatoms. The second-order valence-corrected chi connectivity index (χ2v) is 3.40. The van der Waals surface area contributed by atoms with Gasteiger partial charge < -0.3 is 10.1 Å². The second kappa shape index (κ2) is 5.56. The van der Waals surface area contributed by atoms with Crippen LogP contribution in [0.5, 0.6) is 5.75 Å². The van der Waals surface area contributed by atoms with Crippen molar-refractivity contribution in [1.82, 2.24) is 10.2 Å². The number of nitrogens with one attached hydrogen (secondary N) is 2. The van der Waals surface area contributed by atoms with E-state index in [0.29, 0.717) is 6.54 Å². The van der Waals surface area contributed by atoms with E-state index in [2.05, 4.69) is 15.5 Å². The van der Waals surface area contributed by atoms with E-state index in [4.69, 9.17) is 10.00 Å². The third-order valence-corrected chi connectivity index (χ3v) is 2.25. The molecule has 0 fully saturated rings. The minimum atomic E-state index is 0.0583. The van der Waals surface area contributed by atoms with E-state index in [1.165, 1.54) is 0 Å². The standard InChI is InChI=1S/C12H12N4O/c13-5-6-17-12-4-2-1-3-10(12)7-14-11-8-15-16-9-11/h1-4,8-9,14H,6-7H2,(H,15,16). The summed E-state index contributed by atoms with van der Waals surface area (Å²) in [6.07, 6.45) is 3.48. The number of hydrogen-bond acceptors (Lipinski definition) is 4. The van der Waals surface area contributed by atoms with Gasteiger partial charge in [0, 0.05) is 18.3 Å². The summed E-state index contributed by atoms with van der Waals surface area (Å²) >= 11 is 0. The van der Waals surface area contributed by atoms with Gasteiger partial charge in [0.25, 0.3) is 0 Å². The number of ether oxygens (including phenoxy) is 1. The SMILES string of the molecule is N#CCOc1ccccc1CNc1cn[nH]c1. The van der Waals surface area contributed by atoms with Crippen LogP contribution < -0.4 is 10.1 Å². The summed E-state index contributed by atoms with van der Waals surface area (Å²) in [4.78, 5) is 0. The molecule has 0 saturated heterocycles. The molecular weight excluding hydrogens is 216 g/mol. The van der Waals surface area contributed by atoms with Crippen molar-refractivity contribution in [3.05, 3.63) is 42.2 Å². The highest BCUT2D eigenvalue weighted by Gasteiger charge is 2.02. The van der Waals surface area contributed by atoms with Gasteiger partial charge in [-0.1, -0.05) is 18.2 Å². The molecule has 17 heavy (non-hydrogen) atoms. The van der Waals surface area contributed by atoms with Crippen molar-refractivity contribution >= 4 is 5.69 Å². The van der Waals surface area contributed by atoms with Crippen LogP contribution in [0, 0.1) is 11.3 Å². The van der Waals surface area contributed by atoms with Crippen molar-refractivity contribution in [1.29, 1.82) is 5.26 Å². The molecule has 0 aliphatic carbocycles. The lowest BCUT2D eigenvalue weighted by atomic mass is 10.2. The predicted molar refractivity (Wildman–Crippen MR) is 63.5 cm³/mol. The minimum absolute atomic E-state index is 0.0583. The summed E-state index contributed by atoms with van der Waals surface area (Å²) in [5.74, 6) is 0.727. The zero-order chi connectivity index (χ0) is 11.9. The lowest BCUT2D eigenvalue weighted by molar-refractivity contribution is 0.364. The first-order chi connectivity index (χ1) is 8.40. The average molecular weight is 228 g/mol. The van der Waals surface area contributed by atoms with Crippen LogP contribution in [0.2, 0.25) is 0 Å². The van der Waals surface area contributed by atoms with Crippen LogP contribution in [0.3, 0.4) is 0 Å². The first kappa shape index (κ1) is 11.0. The van der Waals surface area contributed by atoms with E-state index in [1.807, 2.05) is 30.3 Å². The molecule has 0 bridgehead atoms. The van der Waals surface area contributed by atoms with Crippen LogP contribution in [0.25, 0.3) is 0 Å². The number of para-hydroxylation sites is 1. The molecule has 2 N–H and O–H groups in total. The Hall–Kier alpha value is -2.48. The minimum Gasteiger partial charge on any atom is -0.478 e. The predicted octanol–water partition coefficient (Wildman–Crippen LogP) is 1.92. The highest BCUT2D eigenvalue weighted by atomic mass is 16.5. The van der Waals surface area contributed by atoms with Crippen LogP contribution >= 0.6 is 0 Å². The molecule has 0 aliphatic rings. The second-order valence-electron chi connectivity index (χ2n) is 3.40. The van der Waals surface area contributed by atoms with Gasteiger partial charge >= 0.3 is 0 Å². The number of benzene rings is 1. The van der Waals surface area contributed by atoms with Gasteiger partial charge in [-0.25, -0.2) is 0 Å². The van der Waals surface area contributed by atoms with Crippen molar-refractivity contribution in [2.45, 2.75) is 6.54 Å². The Morgan fingerprint density at radius 2 is 2.29 bits per heavy atom. The van der Waals surface area contributed by atoms with Crippen LogP contribution in [0.4, 0.5) is 5.69 Å². The molecule has 1 aromatic carbocycles. The van der Waals surface area contributed by atoms with E-state index in [1.54, 1.807) is 12.4 Å². The Kier molecular flexibility index (Phi) is 3.61. The molecule has 0 saturated carbocycles. The smallest absolute Gasteiger partial charge is 0.174 e. The van der Waals surface area contributed by atoms with Crippen LogP contribution in [-0.2, 0) is 6.54 Å². The van der Waals surface area contributed by atoms with Crippen LogP contribution in [0.1, 0.15) is 5.56 Å². The fraction of sp³-hybridized carbons (Fsp3) is 0.167. The van der Waals surface area contributed by atoms with Gasteiger partial charge in [-0.2, -0.15) is 10.4 Å². The Balaban J connectivity index is 2.02. The monoisotopic (exact) mass is 228 g/mol. The number of anilines is 1. The Morgan fingerprint density at radius 3 is 3.06 bits per heavy atom. The Labute approximate surface area is 99.0 Å². The third kappa shape index (κ3) is 2.98. The summed E-state index contributed by atoms with van der Waals surface area (Å²) in [6, 6.07) is 9.58. The van der Waals surface area contributed by atoms with Gasteiger partial charge in [-0.05, 0) is 6.07 Å². The van der Waals surface area contributed by atoms with E-state index < -0.39 is 0 Å². The largest absolute Gasteiger partial charge is 0.478 e. The van der Waals surface area contributed by atoms with Crippen LogP contribution in [-0.4, -0.2) is 16.8 Å². The number of hydrogen-bond donors (Lipinski definition) is 2. The molecule has 0 atom stereocenters. The maximum Gasteiger partial charge on any atom is 0.174 e. The van der Waals surface area contributed by atoms with Crippen molar-refractivity contribution in [2.24, 2.45) is 0 Å². The molecule has 0 amide bonds. The quantitative estimate of drug-likeness (QED) is 0.820. The highest BCUT2D eigenvalue weighted by molar-refractivity contribution is 5.41. The molecule has 0 radical (unpaired) electrons. The number of aromatic nitrogens is 2. The molecule has 0 spiro atoms. The molecule has 1 heterocycles. The van der Waals surface area contributed by atoms with E-state index >= 15 is 0 Å². The maximum atomic E-state index is 8.50. The molecule has 1 aromatic heterocycles. The van der Waals surface area contributed by atoms with Gasteiger partial charge in [0.1, 0.15) is 11.8 Å². The van der Waals surface area contributed by atoms with Gasteiger partial charge in [0.15, 0.2) is 6.61 Å². The summed E-state index contributed by atoms with van der Waals surface area (Å²) in [7, 11) is 0. The van der Waals surface area contributed by atoms with Crippen LogP contribution in [0.15, 0.2) is 36.7 Å². The van der Waals surface area contributed by atoms with Gasteiger partial charge in [-0.3, -0.25) is 5.10 Å². The summed E-state index contributed by atoms with van der Waals surface area (Å²) in [6.45, 7) is 0.684. The highest BCUT2D eigenvalue weighted by Crippen LogP contribution is 2.19. The number of nitriles is 1. The average Bonchev–Trinajstić information content (AvgIpc) is 2.88. The number of H-pyrrole nitrogens is 1. The van der Waals surface area contributed by atoms with E-state index in [9.17, 15) is 0 Å². The molecular formula is C12H12N4O. The van der Waals surface area contributed by atoms with Crippen molar-refractivity contribution in [3.63, 3.8) is 0 Å². The summed E-state index contributed by atoms with van der Waals surface area (Å²) in [5.41, 5.74) is 1.92. The number of aromatic amines is 1. The Bertz CT molecular complexity index is 501. The van der Waals surface area contributed by atoms with E-state index in [0.717, 1.165) is 17.0 Å². The van der Waals surface area contributed by atoms with Gasteiger partial charge in [0.2, 0.25) is 0 Å². The van der Waals surface area contributed by atoms with Crippen molar-refractivity contribution in [3.8, 4) is 11.8 Å². The first-order valence-electron chi connectivity index (χ1n) is 5.20. The lowest BCUT2D eigenvalue weighted by Crippen LogP contribution is -2.03. The summed E-state index contributed by atoms with van der Waals surface area (Å²) in [5, 5.41) is 18.3. The molecule has 0 aliphatic heterocycles. The Morgan fingerprint density at radius 1 is 1.41 bits per heavy atom. The zero-order valence-corrected chi connectivity index (χ0v) is 9.18. The van der Waals surface area contributed by atoms with Crippen molar-refractivity contribution < 1.29 is 4.74 Å². The molecule has 2 aromatic rings. The maximum absolute atomic E-state index is 8.50. The topological polar surface area (TPSA) is 73.7 Å². The molecule has 2 rings (SSSR count). The first-order valence-corrected chi connectivity index (χ1v) is 5.20. The zero-order valence-electron chi connectivity index (χ0n) is 9.18. The van der Waals surface area contributed by atoms with Gasteiger partial charge in [0.05, 0.1) is 11.9 Å². The number of nitrogens with zero attached hydrogens (tertiary/aromatic N) is 2. The summed E-state index contributed by atoms with van der Waals surface area (Å²) < 4.78 is 5.33. The van der Waals surface area contributed by atoms with Crippen molar-refractivity contribution in [2.75, 3.05) is 11.9 Å². The molecule has 5 nitrogen and oxygen atoms in total. The molecule has 86 valence electrons. The fourth-order valence-electron chi connectivity index (χ4n) is 1.45. The fourth-order valence-corrected chi connectivity index (χ4v) is 1.45. The molecule has 0 unspecified atom stereocenters.